The van der Waals surface area contributed by atoms with Gasteiger partial charge in [0.1, 0.15) is 4.75 Å². The van der Waals surface area contributed by atoms with Gasteiger partial charge in [0, 0.05) is 9.37 Å². The molecule has 3 rings (SSSR count). The number of carbonyl (C=O) groups is 1. The molecule has 4 heteroatoms. The summed E-state index contributed by atoms with van der Waals surface area (Å²) < 4.78 is 0.461. The lowest BCUT2D eigenvalue weighted by molar-refractivity contribution is -0.144. The van der Waals surface area contributed by atoms with Gasteiger partial charge < -0.3 is 5.11 Å². The van der Waals surface area contributed by atoms with E-state index in [1.807, 2.05) is 24.3 Å². The van der Waals surface area contributed by atoms with Crippen molar-refractivity contribution < 1.29 is 9.90 Å². The van der Waals surface area contributed by atoms with Crippen molar-refractivity contribution in [2.75, 3.05) is 0 Å². The Hall–Kier alpha value is -0.480. The second-order valence-electron chi connectivity index (χ2n) is 5.21. The minimum absolute atomic E-state index is 0.404. The molecule has 90 valence electrons. The molecule has 0 amide bonds. The summed E-state index contributed by atoms with van der Waals surface area (Å²) in [6, 6.07) is 7.89. The van der Waals surface area contributed by atoms with Crippen molar-refractivity contribution >= 4 is 33.7 Å². The Kier molecular flexibility index (Phi) is 2.56. The topological polar surface area (TPSA) is 37.3 Å². The van der Waals surface area contributed by atoms with Crippen molar-refractivity contribution in [1.29, 1.82) is 0 Å². The Labute approximate surface area is 113 Å². The predicted octanol–water partition coefficient (Wildman–Crippen LogP) is 3.94. The summed E-state index contributed by atoms with van der Waals surface area (Å²) in [5.41, 5.74) is 0.404. The molecule has 2 fully saturated rings. The third kappa shape index (κ3) is 2.02. The predicted molar refractivity (Wildman–Crippen MR) is 71.3 cm³/mol. The van der Waals surface area contributed by atoms with Gasteiger partial charge in [-0.25, -0.2) is 0 Å². The quantitative estimate of drug-likeness (QED) is 0.918. The maximum atomic E-state index is 11.5. The molecule has 0 radical (unpaired) electrons. The highest BCUT2D eigenvalue weighted by Crippen LogP contribution is 2.69. The Morgan fingerprint density at radius 1 is 1.24 bits per heavy atom. The van der Waals surface area contributed by atoms with E-state index in [-0.39, 0.29) is 0 Å². The number of aliphatic carboxylic acids is 1. The molecule has 0 atom stereocenters. The highest BCUT2D eigenvalue weighted by atomic mass is 79.9. The molecule has 0 bridgehead atoms. The number of carboxylic acids is 1. The van der Waals surface area contributed by atoms with E-state index in [4.69, 9.17) is 0 Å². The number of hydrogen-bond donors (Lipinski definition) is 1. The molecule has 1 spiro atoms. The van der Waals surface area contributed by atoms with Crippen molar-refractivity contribution in [3.8, 4) is 0 Å². The number of halogens is 1. The van der Waals surface area contributed by atoms with Crippen LogP contribution in [0, 0.1) is 5.41 Å². The van der Waals surface area contributed by atoms with E-state index in [1.165, 1.54) is 24.6 Å². The average Bonchev–Trinajstić information content (AvgIpc) is 3.00. The van der Waals surface area contributed by atoms with E-state index in [0.717, 1.165) is 22.2 Å². The van der Waals surface area contributed by atoms with Crippen molar-refractivity contribution in [3.05, 3.63) is 28.7 Å². The van der Waals surface area contributed by atoms with Crippen LogP contribution in [0.1, 0.15) is 25.7 Å². The van der Waals surface area contributed by atoms with E-state index >= 15 is 0 Å². The van der Waals surface area contributed by atoms with Gasteiger partial charge in [0.15, 0.2) is 0 Å². The first-order chi connectivity index (χ1) is 8.04. The summed E-state index contributed by atoms with van der Waals surface area (Å²) >= 11 is 4.90. The Bertz CT molecular complexity index is 457. The van der Waals surface area contributed by atoms with Crippen LogP contribution >= 0.6 is 27.7 Å². The summed E-state index contributed by atoms with van der Waals surface area (Å²) in [5.74, 6) is -0.650. The largest absolute Gasteiger partial charge is 0.480 e. The third-order valence-electron chi connectivity index (χ3n) is 3.79. The van der Waals surface area contributed by atoms with Crippen LogP contribution in [0.5, 0.6) is 0 Å². The third-order valence-corrected chi connectivity index (χ3v) is 5.69. The summed E-state index contributed by atoms with van der Waals surface area (Å²) in [5, 5.41) is 9.43. The van der Waals surface area contributed by atoms with E-state index in [0.29, 0.717) is 5.41 Å². The number of hydrogen-bond acceptors (Lipinski definition) is 2. The summed E-state index contributed by atoms with van der Waals surface area (Å²) in [7, 11) is 0. The molecule has 0 unspecified atom stereocenters. The Balaban J connectivity index is 1.77. The maximum Gasteiger partial charge on any atom is 0.320 e. The first kappa shape index (κ1) is 11.6. The van der Waals surface area contributed by atoms with E-state index in [9.17, 15) is 9.90 Å². The molecule has 2 aliphatic carbocycles. The molecular weight excluding hydrogens is 300 g/mol. The smallest absolute Gasteiger partial charge is 0.320 e. The number of thioether (sulfide) groups is 1. The van der Waals surface area contributed by atoms with E-state index < -0.39 is 10.7 Å². The number of benzene rings is 1. The Morgan fingerprint density at radius 2 is 1.82 bits per heavy atom. The van der Waals surface area contributed by atoms with Crippen LogP contribution in [-0.2, 0) is 4.79 Å². The van der Waals surface area contributed by atoms with Crippen LogP contribution in [0.2, 0.25) is 0 Å². The lowest BCUT2D eigenvalue weighted by atomic mass is 9.71. The second-order valence-corrected chi connectivity index (χ2v) is 7.58. The normalized spacial score (nSPS) is 23.1. The average molecular weight is 313 g/mol. The molecule has 0 saturated heterocycles. The zero-order chi connectivity index (χ0) is 12.1. The van der Waals surface area contributed by atoms with Gasteiger partial charge in [0.25, 0.3) is 0 Å². The first-order valence-corrected chi connectivity index (χ1v) is 7.33. The lowest BCUT2D eigenvalue weighted by Crippen LogP contribution is -2.48. The zero-order valence-electron chi connectivity index (χ0n) is 9.28. The van der Waals surface area contributed by atoms with Crippen LogP contribution in [-0.4, -0.2) is 15.8 Å². The van der Waals surface area contributed by atoms with Crippen LogP contribution in [0.4, 0.5) is 0 Å². The summed E-state index contributed by atoms with van der Waals surface area (Å²) in [4.78, 5) is 12.5. The zero-order valence-corrected chi connectivity index (χ0v) is 11.7. The summed E-state index contributed by atoms with van der Waals surface area (Å²) in [6.07, 6.45) is 4.14. The lowest BCUT2D eigenvalue weighted by Gasteiger charge is -2.44. The minimum atomic E-state index is -0.650. The van der Waals surface area contributed by atoms with E-state index in [2.05, 4.69) is 15.9 Å². The van der Waals surface area contributed by atoms with E-state index in [1.54, 1.807) is 0 Å². The molecule has 1 aromatic carbocycles. The van der Waals surface area contributed by atoms with Crippen LogP contribution in [0.25, 0.3) is 0 Å². The highest BCUT2D eigenvalue weighted by Gasteiger charge is 2.64. The SMILES string of the molecule is O=C(O)C1(Sc2ccc(Br)cc2)CC2(CC2)C1. The van der Waals surface area contributed by atoms with Crippen LogP contribution in [0.15, 0.2) is 33.6 Å². The van der Waals surface area contributed by atoms with Crippen LogP contribution in [0.3, 0.4) is 0 Å². The van der Waals surface area contributed by atoms with Gasteiger partial charge in [0.05, 0.1) is 0 Å². The van der Waals surface area contributed by atoms with Crippen molar-refractivity contribution in [3.63, 3.8) is 0 Å². The van der Waals surface area contributed by atoms with Crippen molar-refractivity contribution in [1.82, 2.24) is 0 Å². The molecule has 1 N–H and O–H groups in total. The molecule has 0 heterocycles. The second kappa shape index (κ2) is 3.75. The monoisotopic (exact) mass is 312 g/mol. The van der Waals surface area contributed by atoms with Gasteiger partial charge in [0.2, 0.25) is 0 Å². The fraction of sp³-hybridized carbons (Fsp3) is 0.462. The molecule has 0 aliphatic heterocycles. The summed E-state index contributed by atoms with van der Waals surface area (Å²) in [6.45, 7) is 0. The van der Waals surface area contributed by atoms with Crippen molar-refractivity contribution in [2.45, 2.75) is 35.3 Å². The Morgan fingerprint density at radius 3 is 2.29 bits per heavy atom. The standard InChI is InChI=1S/C13H13BrO2S/c14-9-1-3-10(4-2-9)17-13(11(15)16)7-12(8-13)5-6-12/h1-4H,5-8H2,(H,15,16). The number of carboxylic acid groups (broad SMARTS) is 1. The fourth-order valence-electron chi connectivity index (χ4n) is 2.69. The van der Waals surface area contributed by atoms with Gasteiger partial charge >= 0.3 is 5.97 Å². The first-order valence-electron chi connectivity index (χ1n) is 5.72. The van der Waals surface area contributed by atoms with Gasteiger partial charge in [-0.05, 0) is 55.4 Å². The molecule has 2 saturated carbocycles. The molecule has 2 aliphatic rings. The van der Waals surface area contributed by atoms with Gasteiger partial charge in [-0.1, -0.05) is 15.9 Å². The molecular formula is C13H13BrO2S. The van der Waals surface area contributed by atoms with Gasteiger partial charge in [-0.15, -0.1) is 11.8 Å². The maximum absolute atomic E-state index is 11.5. The van der Waals surface area contributed by atoms with Crippen LogP contribution < -0.4 is 0 Å². The number of rotatable bonds is 3. The van der Waals surface area contributed by atoms with Gasteiger partial charge in [-0.3, -0.25) is 4.79 Å². The molecule has 0 aromatic heterocycles. The molecule has 2 nitrogen and oxygen atoms in total. The molecule has 1 aromatic rings. The fourth-order valence-corrected chi connectivity index (χ4v) is 4.52. The van der Waals surface area contributed by atoms with Gasteiger partial charge in [-0.2, -0.15) is 0 Å². The minimum Gasteiger partial charge on any atom is -0.480 e. The molecule has 17 heavy (non-hydrogen) atoms. The highest BCUT2D eigenvalue weighted by molar-refractivity contribution is 9.10. The van der Waals surface area contributed by atoms with Crippen molar-refractivity contribution in [2.24, 2.45) is 5.41 Å².